The summed E-state index contributed by atoms with van der Waals surface area (Å²) < 4.78 is 0. The molecule has 0 bridgehead atoms. The molecule has 1 aromatic rings. The van der Waals surface area contributed by atoms with Gasteiger partial charge in [0.15, 0.2) is 0 Å². The Balaban J connectivity index is 3.12. The van der Waals surface area contributed by atoms with Crippen LogP contribution in [0.3, 0.4) is 0 Å². The zero-order valence-corrected chi connectivity index (χ0v) is 7.67. The molecule has 0 aromatic heterocycles. The van der Waals surface area contributed by atoms with Crippen molar-refractivity contribution in [3.8, 4) is 0 Å². The van der Waals surface area contributed by atoms with Crippen LogP contribution in [0.5, 0.6) is 0 Å². The van der Waals surface area contributed by atoms with E-state index in [1.54, 1.807) is 6.08 Å². The van der Waals surface area contributed by atoms with Crippen molar-refractivity contribution in [2.45, 2.75) is 19.9 Å². The standard InChI is InChI=1S/C11H15N/c1-4-11(12)10-7-8(2)5-6-9(10)3/h4-7,11H,1,12H2,2-3H3/t11-/m1/s1. The molecule has 0 aliphatic rings. The molecule has 0 saturated heterocycles. The van der Waals surface area contributed by atoms with Crippen molar-refractivity contribution < 1.29 is 0 Å². The third-order valence-corrected chi connectivity index (χ3v) is 2.05. The van der Waals surface area contributed by atoms with Gasteiger partial charge in [-0.25, -0.2) is 0 Å². The maximum Gasteiger partial charge on any atom is 0.0481 e. The van der Waals surface area contributed by atoms with Gasteiger partial charge >= 0.3 is 0 Å². The van der Waals surface area contributed by atoms with Gasteiger partial charge in [-0.05, 0) is 25.0 Å². The monoisotopic (exact) mass is 161 g/mol. The highest BCUT2D eigenvalue weighted by Gasteiger charge is 2.03. The second-order valence-electron chi connectivity index (χ2n) is 3.12. The number of nitrogens with two attached hydrogens (primary N) is 1. The summed E-state index contributed by atoms with van der Waals surface area (Å²) in [6.07, 6.45) is 1.77. The van der Waals surface area contributed by atoms with Crippen LogP contribution in [0.2, 0.25) is 0 Å². The van der Waals surface area contributed by atoms with Gasteiger partial charge in [0.2, 0.25) is 0 Å². The average molecular weight is 161 g/mol. The number of rotatable bonds is 2. The predicted octanol–water partition coefficient (Wildman–Crippen LogP) is 2.49. The third kappa shape index (κ3) is 1.74. The van der Waals surface area contributed by atoms with Gasteiger partial charge in [0.25, 0.3) is 0 Å². The molecule has 0 saturated carbocycles. The Hall–Kier alpha value is -1.08. The molecule has 0 heterocycles. The van der Waals surface area contributed by atoms with Gasteiger partial charge in [0.05, 0.1) is 0 Å². The van der Waals surface area contributed by atoms with Crippen LogP contribution in [0.1, 0.15) is 22.7 Å². The molecule has 0 aliphatic heterocycles. The van der Waals surface area contributed by atoms with E-state index in [1.165, 1.54) is 16.7 Å². The lowest BCUT2D eigenvalue weighted by molar-refractivity contribution is 0.900. The molecule has 0 fully saturated rings. The molecule has 2 N–H and O–H groups in total. The predicted molar refractivity (Wildman–Crippen MR) is 53.0 cm³/mol. The third-order valence-electron chi connectivity index (χ3n) is 2.05. The minimum Gasteiger partial charge on any atom is -0.321 e. The topological polar surface area (TPSA) is 26.0 Å². The summed E-state index contributed by atoms with van der Waals surface area (Å²) in [6.45, 7) is 7.82. The van der Waals surface area contributed by atoms with Crippen LogP contribution in [0.4, 0.5) is 0 Å². The maximum absolute atomic E-state index is 5.85. The van der Waals surface area contributed by atoms with E-state index < -0.39 is 0 Å². The summed E-state index contributed by atoms with van der Waals surface area (Å²) in [4.78, 5) is 0. The van der Waals surface area contributed by atoms with Crippen molar-refractivity contribution in [2.75, 3.05) is 0 Å². The lowest BCUT2D eigenvalue weighted by Gasteiger charge is -2.10. The zero-order chi connectivity index (χ0) is 9.14. The second kappa shape index (κ2) is 3.55. The van der Waals surface area contributed by atoms with Crippen molar-refractivity contribution >= 4 is 0 Å². The molecule has 1 heteroatoms. The maximum atomic E-state index is 5.85. The number of hydrogen-bond acceptors (Lipinski definition) is 1. The van der Waals surface area contributed by atoms with Crippen molar-refractivity contribution in [3.63, 3.8) is 0 Å². The zero-order valence-electron chi connectivity index (χ0n) is 7.67. The lowest BCUT2D eigenvalue weighted by atomic mass is 10.00. The molecular formula is C11H15N. The summed E-state index contributed by atoms with van der Waals surface area (Å²) in [6, 6.07) is 6.26. The molecule has 1 rings (SSSR count). The summed E-state index contributed by atoms with van der Waals surface area (Å²) in [5.74, 6) is 0. The SMILES string of the molecule is C=C[C@@H](N)c1cc(C)ccc1C. The fraction of sp³-hybridized carbons (Fsp3) is 0.273. The molecule has 0 aliphatic carbocycles. The van der Waals surface area contributed by atoms with Crippen molar-refractivity contribution in [2.24, 2.45) is 5.73 Å². The van der Waals surface area contributed by atoms with Crippen molar-refractivity contribution in [1.82, 2.24) is 0 Å². The molecule has 0 unspecified atom stereocenters. The summed E-state index contributed by atoms with van der Waals surface area (Å²) in [5, 5.41) is 0. The van der Waals surface area contributed by atoms with E-state index in [-0.39, 0.29) is 6.04 Å². The quantitative estimate of drug-likeness (QED) is 0.662. The Bertz CT molecular complexity index is 289. The van der Waals surface area contributed by atoms with Gasteiger partial charge in [-0.2, -0.15) is 0 Å². The fourth-order valence-electron chi connectivity index (χ4n) is 1.25. The first-order valence-electron chi connectivity index (χ1n) is 4.10. The van der Waals surface area contributed by atoms with Gasteiger partial charge in [-0.15, -0.1) is 6.58 Å². The highest BCUT2D eigenvalue weighted by Crippen LogP contribution is 2.17. The minimum atomic E-state index is -0.0371. The molecule has 1 aromatic carbocycles. The Labute approximate surface area is 73.9 Å². The van der Waals surface area contributed by atoms with Crippen molar-refractivity contribution in [3.05, 3.63) is 47.5 Å². The smallest absolute Gasteiger partial charge is 0.0481 e. The second-order valence-corrected chi connectivity index (χ2v) is 3.12. The van der Waals surface area contributed by atoms with E-state index in [2.05, 4.69) is 38.6 Å². The average Bonchev–Trinajstić information content (AvgIpc) is 2.08. The first-order chi connectivity index (χ1) is 5.65. The minimum absolute atomic E-state index is 0.0371. The number of benzene rings is 1. The van der Waals surface area contributed by atoms with E-state index in [0.717, 1.165) is 0 Å². The van der Waals surface area contributed by atoms with Crippen LogP contribution in [0.25, 0.3) is 0 Å². The Morgan fingerprint density at radius 2 is 2.08 bits per heavy atom. The molecule has 64 valence electrons. The highest BCUT2D eigenvalue weighted by atomic mass is 14.6. The first-order valence-corrected chi connectivity index (χ1v) is 4.10. The Morgan fingerprint density at radius 3 is 2.67 bits per heavy atom. The Morgan fingerprint density at radius 1 is 1.42 bits per heavy atom. The van der Waals surface area contributed by atoms with Crippen LogP contribution < -0.4 is 5.73 Å². The normalized spacial score (nSPS) is 12.6. The molecule has 0 spiro atoms. The van der Waals surface area contributed by atoms with E-state index >= 15 is 0 Å². The highest BCUT2D eigenvalue weighted by molar-refractivity contribution is 5.34. The molecule has 12 heavy (non-hydrogen) atoms. The Kier molecular flexibility index (Phi) is 2.66. The van der Waals surface area contributed by atoms with Crippen LogP contribution in [0, 0.1) is 13.8 Å². The van der Waals surface area contributed by atoms with Gasteiger partial charge in [0.1, 0.15) is 0 Å². The molecule has 1 nitrogen and oxygen atoms in total. The van der Waals surface area contributed by atoms with E-state index in [4.69, 9.17) is 5.73 Å². The summed E-state index contributed by atoms with van der Waals surface area (Å²) >= 11 is 0. The van der Waals surface area contributed by atoms with Crippen LogP contribution >= 0.6 is 0 Å². The number of hydrogen-bond donors (Lipinski definition) is 1. The summed E-state index contributed by atoms with van der Waals surface area (Å²) in [7, 11) is 0. The lowest BCUT2D eigenvalue weighted by Crippen LogP contribution is -2.08. The van der Waals surface area contributed by atoms with E-state index in [9.17, 15) is 0 Å². The van der Waals surface area contributed by atoms with E-state index in [0.29, 0.717) is 0 Å². The van der Waals surface area contributed by atoms with Gasteiger partial charge < -0.3 is 5.73 Å². The van der Waals surface area contributed by atoms with Crippen molar-refractivity contribution in [1.29, 1.82) is 0 Å². The summed E-state index contributed by atoms with van der Waals surface area (Å²) in [5.41, 5.74) is 9.49. The fourth-order valence-corrected chi connectivity index (χ4v) is 1.25. The van der Waals surface area contributed by atoms with Crippen LogP contribution in [-0.4, -0.2) is 0 Å². The molecule has 1 atom stereocenters. The molecular weight excluding hydrogens is 146 g/mol. The number of aryl methyl sites for hydroxylation is 2. The van der Waals surface area contributed by atoms with Gasteiger partial charge in [-0.1, -0.05) is 29.8 Å². The molecule has 0 amide bonds. The van der Waals surface area contributed by atoms with Gasteiger partial charge in [-0.3, -0.25) is 0 Å². The largest absolute Gasteiger partial charge is 0.321 e. The molecule has 0 radical (unpaired) electrons. The first kappa shape index (κ1) is 9.01. The van der Waals surface area contributed by atoms with Gasteiger partial charge in [0, 0.05) is 6.04 Å². The van der Waals surface area contributed by atoms with Crippen LogP contribution in [0.15, 0.2) is 30.9 Å². The van der Waals surface area contributed by atoms with E-state index in [1.807, 2.05) is 0 Å². The van der Waals surface area contributed by atoms with Crippen LogP contribution in [-0.2, 0) is 0 Å².